The minimum absolute atomic E-state index is 0.0289. The van der Waals surface area contributed by atoms with Crippen LogP contribution in [-0.2, 0) is 9.59 Å². The Hall–Kier alpha value is -1.10. The summed E-state index contributed by atoms with van der Waals surface area (Å²) in [7, 11) is 1.87. The summed E-state index contributed by atoms with van der Waals surface area (Å²) in [5.41, 5.74) is -0.164. The van der Waals surface area contributed by atoms with Crippen molar-refractivity contribution >= 4 is 11.8 Å². The predicted octanol–water partition coefficient (Wildman–Crippen LogP) is 0.502. The fourth-order valence-corrected chi connectivity index (χ4v) is 2.18. The van der Waals surface area contributed by atoms with Gasteiger partial charge in [0.25, 0.3) is 0 Å². The van der Waals surface area contributed by atoms with Crippen molar-refractivity contribution in [2.75, 3.05) is 20.1 Å². The van der Waals surface area contributed by atoms with E-state index >= 15 is 0 Å². The zero-order valence-electron chi connectivity index (χ0n) is 11.9. The molecule has 2 N–H and O–H groups in total. The first-order valence-electron chi connectivity index (χ1n) is 6.59. The van der Waals surface area contributed by atoms with Gasteiger partial charge in [-0.2, -0.15) is 0 Å². The first-order chi connectivity index (χ1) is 8.34. The van der Waals surface area contributed by atoms with Gasteiger partial charge in [-0.15, -0.1) is 0 Å². The SMILES string of the molecule is CNCCCC(=O)NC1CC(=O)N(C(C)(C)C)C1. The lowest BCUT2D eigenvalue weighted by Gasteiger charge is -2.32. The van der Waals surface area contributed by atoms with Crippen LogP contribution in [0.25, 0.3) is 0 Å². The van der Waals surface area contributed by atoms with Gasteiger partial charge in [0.15, 0.2) is 0 Å². The van der Waals surface area contributed by atoms with Crippen molar-refractivity contribution in [2.45, 2.75) is 51.6 Å². The van der Waals surface area contributed by atoms with E-state index in [1.165, 1.54) is 0 Å². The molecule has 1 aliphatic heterocycles. The highest BCUT2D eigenvalue weighted by Crippen LogP contribution is 2.21. The Bertz CT molecular complexity index is 310. The average Bonchev–Trinajstić information content (AvgIpc) is 2.59. The molecule has 5 nitrogen and oxygen atoms in total. The second kappa shape index (κ2) is 6.18. The van der Waals surface area contributed by atoms with Crippen LogP contribution in [0.3, 0.4) is 0 Å². The summed E-state index contributed by atoms with van der Waals surface area (Å²) in [5, 5.41) is 5.95. The third-order valence-electron chi connectivity index (χ3n) is 3.13. The molecule has 0 aromatic rings. The molecule has 1 heterocycles. The van der Waals surface area contributed by atoms with Gasteiger partial charge in [0.05, 0.1) is 6.04 Å². The van der Waals surface area contributed by atoms with Crippen LogP contribution in [0.1, 0.15) is 40.0 Å². The van der Waals surface area contributed by atoms with Gasteiger partial charge < -0.3 is 15.5 Å². The fraction of sp³-hybridized carbons (Fsp3) is 0.846. The molecule has 0 bridgehead atoms. The number of nitrogens with zero attached hydrogens (tertiary/aromatic N) is 1. The number of rotatable bonds is 5. The molecule has 0 aromatic carbocycles. The lowest BCUT2D eigenvalue weighted by atomic mass is 10.1. The Kier molecular flexibility index (Phi) is 5.14. The molecule has 0 radical (unpaired) electrons. The van der Waals surface area contributed by atoms with Gasteiger partial charge in [-0.1, -0.05) is 0 Å². The number of carbonyl (C=O) groups is 2. The first-order valence-corrected chi connectivity index (χ1v) is 6.59. The molecule has 1 atom stereocenters. The van der Waals surface area contributed by atoms with Crippen LogP contribution in [-0.4, -0.2) is 48.4 Å². The zero-order valence-corrected chi connectivity index (χ0v) is 11.9. The summed E-state index contributed by atoms with van der Waals surface area (Å²) in [5.74, 6) is 0.168. The Balaban J connectivity index is 2.38. The van der Waals surface area contributed by atoms with E-state index in [4.69, 9.17) is 0 Å². The lowest BCUT2D eigenvalue weighted by molar-refractivity contribution is -0.131. The van der Waals surface area contributed by atoms with Crippen LogP contribution in [0.2, 0.25) is 0 Å². The molecule has 1 aliphatic rings. The van der Waals surface area contributed by atoms with Gasteiger partial charge >= 0.3 is 0 Å². The highest BCUT2D eigenvalue weighted by molar-refractivity contribution is 5.82. The molecule has 104 valence electrons. The minimum atomic E-state index is -0.164. The van der Waals surface area contributed by atoms with E-state index in [0.717, 1.165) is 13.0 Å². The van der Waals surface area contributed by atoms with Crippen LogP contribution in [0, 0.1) is 0 Å². The Morgan fingerprint density at radius 1 is 1.44 bits per heavy atom. The lowest BCUT2D eigenvalue weighted by Crippen LogP contribution is -2.44. The van der Waals surface area contributed by atoms with Crippen molar-refractivity contribution in [3.8, 4) is 0 Å². The normalized spacial score (nSPS) is 20.3. The van der Waals surface area contributed by atoms with E-state index in [0.29, 0.717) is 19.4 Å². The minimum Gasteiger partial charge on any atom is -0.351 e. The maximum absolute atomic E-state index is 11.8. The number of nitrogens with one attached hydrogen (secondary N) is 2. The third-order valence-corrected chi connectivity index (χ3v) is 3.13. The molecule has 5 heteroatoms. The summed E-state index contributed by atoms with van der Waals surface area (Å²) in [6.45, 7) is 7.51. The molecule has 18 heavy (non-hydrogen) atoms. The summed E-state index contributed by atoms with van der Waals surface area (Å²) < 4.78 is 0. The maximum atomic E-state index is 11.8. The smallest absolute Gasteiger partial charge is 0.225 e. The van der Waals surface area contributed by atoms with Crippen molar-refractivity contribution in [2.24, 2.45) is 0 Å². The van der Waals surface area contributed by atoms with E-state index < -0.39 is 0 Å². The molecule has 0 saturated carbocycles. The molecule has 1 fully saturated rings. The first kappa shape index (κ1) is 15.0. The summed E-state index contributed by atoms with van der Waals surface area (Å²) >= 11 is 0. The van der Waals surface area contributed by atoms with Gasteiger partial charge in [0.1, 0.15) is 0 Å². The van der Waals surface area contributed by atoms with Crippen molar-refractivity contribution in [3.63, 3.8) is 0 Å². The Morgan fingerprint density at radius 2 is 2.11 bits per heavy atom. The zero-order chi connectivity index (χ0) is 13.8. The molecular formula is C13H25N3O2. The molecule has 0 aliphatic carbocycles. The molecule has 1 unspecified atom stereocenters. The largest absolute Gasteiger partial charge is 0.351 e. The van der Waals surface area contributed by atoms with E-state index in [1.807, 2.05) is 32.7 Å². The molecule has 1 saturated heterocycles. The number of carbonyl (C=O) groups excluding carboxylic acids is 2. The standard InChI is InChI=1S/C13H25N3O2/c1-13(2,3)16-9-10(8-12(16)18)15-11(17)6-5-7-14-4/h10,14H,5-9H2,1-4H3,(H,15,17). The van der Waals surface area contributed by atoms with Crippen molar-refractivity contribution < 1.29 is 9.59 Å². The molecule has 0 spiro atoms. The number of hydrogen-bond acceptors (Lipinski definition) is 3. The van der Waals surface area contributed by atoms with E-state index in [1.54, 1.807) is 0 Å². The van der Waals surface area contributed by atoms with Crippen LogP contribution in [0.5, 0.6) is 0 Å². The van der Waals surface area contributed by atoms with Crippen LogP contribution >= 0.6 is 0 Å². The summed E-state index contributed by atoms with van der Waals surface area (Å²) in [4.78, 5) is 25.3. The van der Waals surface area contributed by atoms with Gasteiger partial charge in [0.2, 0.25) is 11.8 Å². The van der Waals surface area contributed by atoms with Crippen LogP contribution in [0.4, 0.5) is 0 Å². The highest BCUT2D eigenvalue weighted by Gasteiger charge is 2.36. The third kappa shape index (κ3) is 4.29. The Labute approximate surface area is 109 Å². The number of likely N-dealkylation sites (tertiary alicyclic amines) is 1. The van der Waals surface area contributed by atoms with E-state index in [2.05, 4.69) is 10.6 Å². The van der Waals surface area contributed by atoms with Gasteiger partial charge in [0, 0.05) is 24.9 Å². The topological polar surface area (TPSA) is 61.4 Å². The molecular weight excluding hydrogens is 230 g/mol. The highest BCUT2D eigenvalue weighted by atomic mass is 16.2. The second-order valence-corrected chi connectivity index (χ2v) is 5.85. The van der Waals surface area contributed by atoms with Crippen LogP contribution in [0.15, 0.2) is 0 Å². The maximum Gasteiger partial charge on any atom is 0.225 e. The molecule has 0 aromatic heterocycles. The quantitative estimate of drug-likeness (QED) is 0.703. The summed E-state index contributed by atoms with van der Waals surface area (Å²) in [6.07, 6.45) is 1.77. The van der Waals surface area contributed by atoms with Crippen molar-refractivity contribution in [1.29, 1.82) is 0 Å². The molecule has 1 rings (SSSR count). The van der Waals surface area contributed by atoms with Crippen LogP contribution < -0.4 is 10.6 Å². The van der Waals surface area contributed by atoms with Gasteiger partial charge in [-0.05, 0) is 40.8 Å². The average molecular weight is 255 g/mol. The van der Waals surface area contributed by atoms with Crippen molar-refractivity contribution in [1.82, 2.24) is 15.5 Å². The van der Waals surface area contributed by atoms with E-state index in [-0.39, 0.29) is 23.4 Å². The summed E-state index contributed by atoms with van der Waals surface area (Å²) in [6, 6.07) is -0.0289. The second-order valence-electron chi connectivity index (χ2n) is 5.85. The monoisotopic (exact) mass is 255 g/mol. The van der Waals surface area contributed by atoms with Gasteiger partial charge in [-0.3, -0.25) is 9.59 Å². The number of amides is 2. The van der Waals surface area contributed by atoms with Gasteiger partial charge in [-0.25, -0.2) is 0 Å². The van der Waals surface area contributed by atoms with Crippen molar-refractivity contribution in [3.05, 3.63) is 0 Å². The fourth-order valence-electron chi connectivity index (χ4n) is 2.18. The van der Waals surface area contributed by atoms with E-state index in [9.17, 15) is 9.59 Å². The number of hydrogen-bond donors (Lipinski definition) is 2. The molecule has 2 amide bonds. The Morgan fingerprint density at radius 3 is 2.61 bits per heavy atom. The predicted molar refractivity (Wildman–Crippen MR) is 71.2 cm³/mol.